The van der Waals surface area contributed by atoms with Crippen molar-refractivity contribution in [3.8, 4) is 5.75 Å². The van der Waals surface area contributed by atoms with Crippen molar-refractivity contribution >= 4 is 0 Å². The van der Waals surface area contributed by atoms with Crippen molar-refractivity contribution in [2.45, 2.75) is 46.3 Å². The van der Waals surface area contributed by atoms with Crippen LogP contribution in [0, 0.1) is 0 Å². The number of fused-ring (bicyclic) bond motifs is 1. The molecule has 0 bridgehead atoms. The molecule has 0 amide bonds. The van der Waals surface area contributed by atoms with Gasteiger partial charge in [0.25, 0.3) is 0 Å². The van der Waals surface area contributed by atoms with Gasteiger partial charge in [-0.2, -0.15) is 0 Å². The summed E-state index contributed by atoms with van der Waals surface area (Å²) in [5.74, 6) is 0.999. The number of hydrogen-bond acceptors (Lipinski definition) is 3. The molecule has 3 heteroatoms. The highest BCUT2D eigenvalue weighted by atomic mass is 16.5. The fraction of sp³-hybridized carbons (Fsp3) is 0.615. The van der Waals surface area contributed by atoms with Crippen molar-refractivity contribution in [2.24, 2.45) is 0 Å². The van der Waals surface area contributed by atoms with Crippen molar-refractivity contribution in [3.63, 3.8) is 0 Å². The van der Waals surface area contributed by atoms with Crippen LogP contribution < -0.4 is 4.74 Å². The van der Waals surface area contributed by atoms with E-state index >= 15 is 0 Å². The molecule has 0 atom stereocenters. The molecule has 2 rings (SSSR count). The first-order chi connectivity index (χ1) is 7.52. The van der Waals surface area contributed by atoms with E-state index in [-0.39, 0.29) is 5.54 Å². The minimum absolute atomic E-state index is 0.185. The second kappa shape index (κ2) is 4.06. The number of nitrogens with zero attached hydrogens (tertiary/aromatic N) is 2. The number of rotatable bonds is 2. The molecule has 88 valence electrons. The van der Waals surface area contributed by atoms with Crippen molar-refractivity contribution in [2.75, 3.05) is 6.61 Å². The van der Waals surface area contributed by atoms with Crippen LogP contribution in [-0.4, -0.2) is 22.0 Å². The maximum atomic E-state index is 5.64. The zero-order chi connectivity index (χ0) is 11.8. The summed E-state index contributed by atoms with van der Waals surface area (Å²) >= 11 is 0. The average Bonchev–Trinajstić information content (AvgIpc) is 2.62. The number of aromatic nitrogens is 1. The van der Waals surface area contributed by atoms with Crippen LogP contribution in [-0.2, 0) is 13.1 Å². The zero-order valence-corrected chi connectivity index (χ0v) is 10.6. The molecule has 0 spiro atoms. The lowest BCUT2D eigenvalue weighted by molar-refractivity contribution is 0.134. The summed E-state index contributed by atoms with van der Waals surface area (Å²) in [4.78, 5) is 6.87. The Balaban J connectivity index is 2.26. The minimum atomic E-state index is 0.185. The van der Waals surface area contributed by atoms with Crippen LogP contribution >= 0.6 is 0 Å². The highest BCUT2D eigenvalue weighted by Gasteiger charge is 2.30. The second-order valence-corrected chi connectivity index (χ2v) is 5.19. The van der Waals surface area contributed by atoms with Crippen molar-refractivity contribution in [3.05, 3.63) is 23.5 Å². The van der Waals surface area contributed by atoms with Gasteiger partial charge in [-0.15, -0.1) is 0 Å². The van der Waals surface area contributed by atoms with Gasteiger partial charge in [0.1, 0.15) is 5.75 Å². The molecular formula is C13H20N2O. The van der Waals surface area contributed by atoms with Gasteiger partial charge < -0.3 is 4.74 Å². The molecule has 3 nitrogen and oxygen atoms in total. The molecule has 1 aliphatic rings. The first-order valence-electron chi connectivity index (χ1n) is 5.87. The fourth-order valence-electron chi connectivity index (χ4n) is 2.01. The first kappa shape index (κ1) is 11.4. The molecule has 0 N–H and O–H groups in total. The molecule has 0 fully saturated rings. The maximum absolute atomic E-state index is 5.64. The van der Waals surface area contributed by atoms with E-state index in [4.69, 9.17) is 4.74 Å². The zero-order valence-electron chi connectivity index (χ0n) is 10.6. The molecule has 0 unspecified atom stereocenters. The Kier molecular flexibility index (Phi) is 2.89. The third kappa shape index (κ3) is 2.05. The molecule has 1 aromatic rings. The summed E-state index contributed by atoms with van der Waals surface area (Å²) in [6.45, 7) is 11.3. The number of pyridine rings is 1. The van der Waals surface area contributed by atoms with Gasteiger partial charge in [-0.25, -0.2) is 0 Å². The predicted molar refractivity (Wildman–Crippen MR) is 64.4 cm³/mol. The van der Waals surface area contributed by atoms with E-state index in [1.807, 2.05) is 19.2 Å². The molecule has 0 saturated heterocycles. The van der Waals surface area contributed by atoms with Gasteiger partial charge >= 0.3 is 0 Å². The van der Waals surface area contributed by atoms with Crippen LogP contribution in [0.2, 0.25) is 0 Å². The number of hydrogen-bond donors (Lipinski definition) is 0. The van der Waals surface area contributed by atoms with Crippen molar-refractivity contribution in [1.29, 1.82) is 0 Å². The molecule has 0 aliphatic carbocycles. The van der Waals surface area contributed by atoms with Crippen LogP contribution in [0.4, 0.5) is 0 Å². The van der Waals surface area contributed by atoms with Gasteiger partial charge in [0, 0.05) is 30.4 Å². The second-order valence-electron chi connectivity index (χ2n) is 5.19. The van der Waals surface area contributed by atoms with E-state index in [1.165, 1.54) is 11.3 Å². The van der Waals surface area contributed by atoms with Gasteiger partial charge in [-0.05, 0) is 33.8 Å². The largest absolute Gasteiger partial charge is 0.493 e. The number of ether oxygens (including phenoxy) is 1. The van der Waals surface area contributed by atoms with Crippen LogP contribution in [0.15, 0.2) is 12.3 Å². The Bertz CT molecular complexity index is 382. The van der Waals surface area contributed by atoms with Crippen LogP contribution in [0.5, 0.6) is 5.75 Å². The molecule has 1 aliphatic heterocycles. The predicted octanol–water partition coefficient (Wildman–Crippen LogP) is 2.59. The normalized spacial score (nSPS) is 16.2. The smallest absolute Gasteiger partial charge is 0.127 e. The summed E-state index contributed by atoms with van der Waals surface area (Å²) in [6, 6.07) is 1.97. The van der Waals surface area contributed by atoms with Gasteiger partial charge in [-0.1, -0.05) is 0 Å². The molecular weight excluding hydrogens is 200 g/mol. The van der Waals surface area contributed by atoms with E-state index in [1.54, 1.807) is 0 Å². The Morgan fingerprint density at radius 3 is 2.75 bits per heavy atom. The van der Waals surface area contributed by atoms with Crippen molar-refractivity contribution < 1.29 is 4.74 Å². The third-order valence-electron chi connectivity index (χ3n) is 3.04. The average molecular weight is 220 g/mol. The molecule has 0 radical (unpaired) electrons. The highest BCUT2D eigenvalue weighted by Crippen LogP contribution is 2.33. The van der Waals surface area contributed by atoms with E-state index in [9.17, 15) is 0 Å². The van der Waals surface area contributed by atoms with Gasteiger partial charge in [0.05, 0.1) is 12.3 Å². The molecule has 0 saturated carbocycles. The molecule has 16 heavy (non-hydrogen) atoms. The Morgan fingerprint density at radius 1 is 1.38 bits per heavy atom. The van der Waals surface area contributed by atoms with Crippen LogP contribution in [0.3, 0.4) is 0 Å². The van der Waals surface area contributed by atoms with Gasteiger partial charge in [-0.3, -0.25) is 9.88 Å². The monoisotopic (exact) mass is 220 g/mol. The SMILES string of the molecule is CCOc1ccnc2c1CN(C(C)(C)C)C2. The standard InChI is InChI=1S/C13H20N2O/c1-5-16-12-6-7-14-11-9-15(8-10(11)12)13(2,3)4/h6-7H,5,8-9H2,1-4H3. The van der Waals surface area contributed by atoms with Crippen LogP contribution in [0.25, 0.3) is 0 Å². The maximum Gasteiger partial charge on any atom is 0.127 e. The summed E-state index contributed by atoms with van der Waals surface area (Å²) < 4.78 is 5.64. The third-order valence-corrected chi connectivity index (χ3v) is 3.04. The van der Waals surface area contributed by atoms with Crippen LogP contribution in [0.1, 0.15) is 39.0 Å². The highest BCUT2D eigenvalue weighted by molar-refractivity contribution is 5.38. The molecule has 0 aromatic carbocycles. The summed E-state index contributed by atoms with van der Waals surface area (Å²) in [5.41, 5.74) is 2.62. The Hall–Kier alpha value is -1.09. The molecule has 1 aromatic heterocycles. The molecule has 2 heterocycles. The lowest BCUT2D eigenvalue weighted by Gasteiger charge is -2.31. The Labute approximate surface area is 97.4 Å². The quantitative estimate of drug-likeness (QED) is 0.766. The van der Waals surface area contributed by atoms with E-state index in [2.05, 4.69) is 30.7 Å². The lowest BCUT2D eigenvalue weighted by atomic mass is 10.1. The van der Waals surface area contributed by atoms with E-state index in [0.29, 0.717) is 6.61 Å². The summed E-state index contributed by atoms with van der Waals surface area (Å²) in [6.07, 6.45) is 1.84. The topological polar surface area (TPSA) is 25.4 Å². The minimum Gasteiger partial charge on any atom is -0.493 e. The summed E-state index contributed by atoms with van der Waals surface area (Å²) in [5, 5.41) is 0. The van der Waals surface area contributed by atoms with Gasteiger partial charge in [0.2, 0.25) is 0 Å². The van der Waals surface area contributed by atoms with E-state index in [0.717, 1.165) is 18.8 Å². The Morgan fingerprint density at radius 2 is 2.12 bits per heavy atom. The van der Waals surface area contributed by atoms with Crippen molar-refractivity contribution in [1.82, 2.24) is 9.88 Å². The summed E-state index contributed by atoms with van der Waals surface area (Å²) in [7, 11) is 0. The first-order valence-corrected chi connectivity index (χ1v) is 5.87. The van der Waals surface area contributed by atoms with Gasteiger partial charge in [0.15, 0.2) is 0 Å². The lowest BCUT2D eigenvalue weighted by Crippen LogP contribution is -2.36. The fourth-order valence-corrected chi connectivity index (χ4v) is 2.01. The van der Waals surface area contributed by atoms with E-state index < -0.39 is 0 Å².